The van der Waals surface area contributed by atoms with Gasteiger partial charge in [-0.15, -0.1) is 0 Å². The fraction of sp³-hybridized carbons (Fsp3) is 0.615. The van der Waals surface area contributed by atoms with Crippen LogP contribution in [0.2, 0.25) is 0 Å². The third-order valence-electron chi connectivity index (χ3n) is 12.5. The minimum absolute atomic E-state index is 0.0517. The number of ether oxygens (including phenoxy) is 2. The zero-order valence-electron chi connectivity index (χ0n) is 29.0. The van der Waals surface area contributed by atoms with Gasteiger partial charge in [0, 0.05) is 67.5 Å². The molecule has 0 aliphatic carbocycles. The molecular weight excluding hydrogens is 614 g/mol. The van der Waals surface area contributed by atoms with E-state index >= 15 is 0 Å². The minimum Gasteiger partial charge on any atom is -0.461 e. The van der Waals surface area contributed by atoms with Crippen molar-refractivity contribution in [3.05, 3.63) is 53.2 Å². The van der Waals surface area contributed by atoms with Gasteiger partial charge in [0.1, 0.15) is 19.0 Å². The third kappa shape index (κ3) is 5.78. The number of aryl methyl sites for hydroxylation is 1. The van der Waals surface area contributed by atoms with Crippen molar-refractivity contribution in [2.75, 3.05) is 62.3 Å². The molecule has 1 N–H and O–H groups in total. The summed E-state index contributed by atoms with van der Waals surface area (Å²) in [6.07, 6.45) is 10.7. The SMILES string of the molecule is CCc1cccc2cccc(N3CCc4c(nc(OC[C@]56CCCN5[C@@H](COC(=O)N5CCCC5)CC6)nc4N4C[C@H]5CC[C@@H](C4)N5)C3)c12. The molecule has 49 heavy (non-hydrogen) atoms. The smallest absolute Gasteiger partial charge is 0.409 e. The van der Waals surface area contributed by atoms with Gasteiger partial charge < -0.3 is 29.5 Å². The highest BCUT2D eigenvalue weighted by Gasteiger charge is 2.50. The summed E-state index contributed by atoms with van der Waals surface area (Å²) in [6.45, 7) is 9.62. The molecule has 6 aliphatic rings. The van der Waals surface area contributed by atoms with Crippen molar-refractivity contribution < 1.29 is 14.3 Å². The summed E-state index contributed by atoms with van der Waals surface area (Å²) in [5.74, 6) is 1.09. The molecule has 2 aromatic carbocycles. The predicted octanol–water partition coefficient (Wildman–Crippen LogP) is 5.30. The minimum atomic E-state index is -0.148. The van der Waals surface area contributed by atoms with Gasteiger partial charge in [-0.1, -0.05) is 37.3 Å². The fourth-order valence-electron chi connectivity index (χ4n) is 9.99. The standard InChI is InChI=1S/C39H51N7O3/c1-2-27-8-5-9-28-10-6-11-34(35(27)28)44-21-15-32-33(24-44)41-37(42-36(32)45-22-29-12-13-30(23-45)40-29)49-26-39-16-7-20-46(39)31(14-17-39)25-48-38(47)43-18-3-4-19-43/h5-6,8-11,29-31,40H,2-4,7,12-26H2,1H3/t29-,30+,31-,39-/m1/s1. The molecule has 7 heterocycles. The van der Waals surface area contributed by atoms with Crippen LogP contribution in [0.1, 0.15) is 75.1 Å². The number of hydrogen-bond acceptors (Lipinski definition) is 9. The van der Waals surface area contributed by atoms with Gasteiger partial charge in [0.15, 0.2) is 0 Å². The highest BCUT2D eigenvalue weighted by molar-refractivity contribution is 5.97. The Bertz CT molecular complexity index is 1690. The van der Waals surface area contributed by atoms with Crippen LogP contribution >= 0.6 is 0 Å². The van der Waals surface area contributed by atoms with Crippen molar-refractivity contribution in [2.45, 2.75) is 101 Å². The monoisotopic (exact) mass is 665 g/mol. The first-order chi connectivity index (χ1) is 24.1. The lowest BCUT2D eigenvalue weighted by molar-refractivity contribution is 0.0462. The number of fused-ring (bicyclic) bond motifs is 5. The summed E-state index contributed by atoms with van der Waals surface area (Å²) in [6, 6.07) is 15.2. The van der Waals surface area contributed by atoms with Gasteiger partial charge in [-0.25, -0.2) is 4.79 Å². The number of carbonyl (C=O) groups is 1. The number of anilines is 2. The Labute approximate surface area is 290 Å². The number of aromatic nitrogens is 2. The molecular formula is C39H51N7O3. The zero-order valence-corrected chi connectivity index (χ0v) is 29.0. The van der Waals surface area contributed by atoms with E-state index in [2.05, 4.69) is 63.3 Å². The summed E-state index contributed by atoms with van der Waals surface area (Å²) < 4.78 is 12.6. The predicted molar refractivity (Wildman–Crippen MR) is 192 cm³/mol. The maximum Gasteiger partial charge on any atom is 0.409 e. The second kappa shape index (κ2) is 12.9. The van der Waals surface area contributed by atoms with E-state index in [0.29, 0.717) is 31.3 Å². The molecule has 2 bridgehead atoms. The summed E-state index contributed by atoms with van der Waals surface area (Å²) in [5.41, 5.74) is 5.03. The number of benzene rings is 2. The Hall–Kier alpha value is -3.63. The number of likely N-dealkylation sites (tertiary alicyclic amines) is 1. The van der Waals surface area contributed by atoms with E-state index in [9.17, 15) is 4.79 Å². The van der Waals surface area contributed by atoms with E-state index in [1.54, 1.807) is 0 Å². The number of hydrogen-bond donors (Lipinski definition) is 1. The van der Waals surface area contributed by atoms with Crippen LogP contribution < -0.4 is 19.9 Å². The number of amides is 1. The van der Waals surface area contributed by atoms with Gasteiger partial charge >= 0.3 is 12.1 Å². The van der Waals surface area contributed by atoms with Crippen molar-refractivity contribution in [1.29, 1.82) is 0 Å². The molecule has 1 amide bonds. The molecule has 3 aromatic rings. The van der Waals surface area contributed by atoms with Crippen LogP contribution in [0.3, 0.4) is 0 Å². The van der Waals surface area contributed by atoms with E-state index in [-0.39, 0.29) is 17.7 Å². The van der Waals surface area contributed by atoms with Gasteiger partial charge in [-0.05, 0) is 87.8 Å². The van der Waals surface area contributed by atoms with Crippen LogP contribution in [0.15, 0.2) is 36.4 Å². The van der Waals surface area contributed by atoms with E-state index in [0.717, 1.165) is 109 Å². The van der Waals surface area contributed by atoms with Crippen molar-refractivity contribution in [3.8, 4) is 6.01 Å². The lowest BCUT2D eigenvalue weighted by atomic mass is 9.95. The molecule has 10 heteroatoms. The molecule has 0 radical (unpaired) electrons. The Morgan fingerprint density at radius 1 is 0.939 bits per heavy atom. The molecule has 260 valence electrons. The van der Waals surface area contributed by atoms with Crippen molar-refractivity contribution in [2.24, 2.45) is 0 Å². The first-order valence-corrected chi connectivity index (χ1v) is 19.0. The Balaban J connectivity index is 0.976. The summed E-state index contributed by atoms with van der Waals surface area (Å²) >= 11 is 0. The quantitative estimate of drug-likeness (QED) is 0.345. The maximum absolute atomic E-state index is 12.7. The summed E-state index contributed by atoms with van der Waals surface area (Å²) in [4.78, 5) is 32.6. The molecule has 9 rings (SSSR count). The Morgan fingerprint density at radius 2 is 1.76 bits per heavy atom. The van der Waals surface area contributed by atoms with Gasteiger partial charge in [-0.3, -0.25) is 4.90 Å². The largest absolute Gasteiger partial charge is 0.461 e. The van der Waals surface area contributed by atoms with Crippen molar-refractivity contribution >= 4 is 28.4 Å². The van der Waals surface area contributed by atoms with E-state index in [1.165, 1.54) is 40.4 Å². The number of carbonyl (C=O) groups excluding carboxylic acids is 1. The number of nitrogens with one attached hydrogen (secondary N) is 1. The molecule has 5 fully saturated rings. The number of rotatable bonds is 8. The zero-order chi connectivity index (χ0) is 33.0. The topological polar surface area (TPSA) is 86.3 Å². The summed E-state index contributed by atoms with van der Waals surface area (Å²) in [5, 5.41) is 6.46. The fourth-order valence-corrected chi connectivity index (χ4v) is 9.99. The number of nitrogens with zero attached hydrogens (tertiary/aromatic N) is 6. The lowest BCUT2D eigenvalue weighted by Gasteiger charge is -2.38. The van der Waals surface area contributed by atoms with Gasteiger partial charge in [0.2, 0.25) is 0 Å². The summed E-state index contributed by atoms with van der Waals surface area (Å²) in [7, 11) is 0. The maximum atomic E-state index is 12.7. The van der Waals surface area contributed by atoms with Crippen LogP contribution in [0.25, 0.3) is 10.8 Å². The third-order valence-corrected chi connectivity index (χ3v) is 12.5. The molecule has 0 saturated carbocycles. The molecule has 1 aromatic heterocycles. The molecule has 4 atom stereocenters. The van der Waals surface area contributed by atoms with E-state index in [4.69, 9.17) is 19.4 Å². The molecule has 0 unspecified atom stereocenters. The first kappa shape index (κ1) is 31.4. The van der Waals surface area contributed by atoms with Gasteiger partial charge in [0.05, 0.1) is 17.8 Å². The first-order valence-electron chi connectivity index (χ1n) is 19.0. The average molecular weight is 666 g/mol. The molecule has 5 saturated heterocycles. The second-order valence-electron chi connectivity index (χ2n) is 15.4. The highest BCUT2D eigenvalue weighted by atomic mass is 16.6. The van der Waals surface area contributed by atoms with Crippen LogP contribution in [0, 0.1) is 0 Å². The average Bonchev–Trinajstić information content (AvgIpc) is 3.94. The highest BCUT2D eigenvalue weighted by Crippen LogP contribution is 2.43. The molecule has 6 aliphatic heterocycles. The van der Waals surface area contributed by atoms with Crippen molar-refractivity contribution in [1.82, 2.24) is 25.1 Å². The number of piperazine rings is 1. The normalized spacial score (nSPS) is 27.9. The Morgan fingerprint density at radius 3 is 2.57 bits per heavy atom. The van der Waals surface area contributed by atoms with Crippen molar-refractivity contribution in [3.63, 3.8) is 0 Å². The second-order valence-corrected chi connectivity index (χ2v) is 15.4. The Kier molecular flexibility index (Phi) is 8.27. The van der Waals surface area contributed by atoms with Gasteiger partial charge in [0.25, 0.3) is 0 Å². The van der Waals surface area contributed by atoms with E-state index in [1.807, 2.05) is 4.90 Å². The van der Waals surface area contributed by atoms with Crippen LogP contribution in [-0.4, -0.2) is 102 Å². The molecule has 0 spiro atoms. The van der Waals surface area contributed by atoms with Crippen LogP contribution in [0.4, 0.5) is 16.3 Å². The van der Waals surface area contributed by atoms with Gasteiger partial charge in [-0.2, -0.15) is 9.97 Å². The van der Waals surface area contributed by atoms with Crippen LogP contribution in [-0.2, 0) is 24.1 Å². The van der Waals surface area contributed by atoms with E-state index < -0.39 is 0 Å². The van der Waals surface area contributed by atoms with Crippen LogP contribution in [0.5, 0.6) is 6.01 Å². The molecule has 10 nitrogen and oxygen atoms in total. The lowest BCUT2D eigenvalue weighted by Crippen LogP contribution is -2.52.